The normalized spacial score (nSPS) is 10.5. The van der Waals surface area contributed by atoms with Crippen LogP contribution in [0.15, 0.2) is 47.8 Å². The molecule has 2 aromatic carbocycles. The third-order valence-corrected chi connectivity index (χ3v) is 4.98. The zero-order chi connectivity index (χ0) is 21.0. The third kappa shape index (κ3) is 4.43. The molecule has 0 saturated carbocycles. The molecule has 0 radical (unpaired) electrons. The lowest BCUT2D eigenvalue weighted by Gasteiger charge is -2.09. The van der Waals surface area contributed by atoms with Gasteiger partial charge in [-0.05, 0) is 42.8 Å². The number of benzene rings is 2. The van der Waals surface area contributed by atoms with Crippen molar-refractivity contribution in [3.05, 3.63) is 70.6 Å². The van der Waals surface area contributed by atoms with Crippen molar-refractivity contribution in [2.75, 3.05) is 19.0 Å². The van der Waals surface area contributed by atoms with Crippen LogP contribution in [0.1, 0.15) is 27.6 Å². The van der Waals surface area contributed by atoms with Gasteiger partial charge in [0.05, 0.1) is 13.7 Å². The predicted molar refractivity (Wildman–Crippen MR) is 107 cm³/mol. The Morgan fingerprint density at radius 3 is 2.41 bits per heavy atom. The molecule has 0 atom stereocenters. The molecule has 0 aliphatic rings. The van der Waals surface area contributed by atoms with Crippen LogP contribution in [0.2, 0.25) is 0 Å². The largest absolute Gasteiger partial charge is 0.497 e. The summed E-state index contributed by atoms with van der Waals surface area (Å²) in [6, 6.07) is 9.90. The summed E-state index contributed by atoms with van der Waals surface area (Å²) in [6.07, 6.45) is 0. The molecule has 5 nitrogen and oxygen atoms in total. The third-order valence-electron chi connectivity index (χ3n) is 4.08. The molecule has 0 bridgehead atoms. The van der Waals surface area contributed by atoms with Gasteiger partial charge in [-0.25, -0.2) is 13.6 Å². The molecular formula is C21H17F2NO4S. The minimum Gasteiger partial charge on any atom is -0.497 e. The molecular weight excluding hydrogens is 400 g/mol. The number of amides is 1. The van der Waals surface area contributed by atoms with Gasteiger partial charge in [0.1, 0.15) is 16.3 Å². The van der Waals surface area contributed by atoms with E-state index in [0.717, 1.165) is 35.1 Å². The van der Waals surface area contributed by atoms with E-state index in [1.54, 1.807) is 43.7 Å². The molecule has 8 heteroatoms. The fourth-order valence-electron chi connectivity index (χ4n) is 2.65. The average molecular weight is 417 g/mol. The van der Waals surface area contributed by atoms with Gasteiger partial charge in [-0.3, -0.25) is 4.79 Å². The van der Waals surface area contributed by atoms with Crippen LogP contribution in [0.5, 0.6) is 5.75 Å². The Morgan fingerprint density at radius 2 is 1.79 bits per heavy atom. The molecule has 150 valence electrons. The molecule has 1 aromatic heterocycles. The first kappa shape index (κ1) is 20.5. The van der Waals surface area contributed by atoms with Crippen LogP contribution in [0.25, 0.3) is 11.1 Å². The number of methoxy groups -OCH3 is 1. The van der Waals surface area contributed by atoms with E-state index in [-0.39, 0.29) is 22.7 Å². The Morgan fingerprint density at radius 1 is 1.07 bits per heavy atom. The van der Waals surface area contributed by atoms with Gasteiger partial charge in [0.25, 0.3) is 5.91 Å². The summed E-state index contributed by atoms with van der Waals surface area (Å²) in [6.45, 7) is 1.84. The Balaban J connectivity index is 1.97. The molecule has 0 spiro atoms. The van der Waals surface area contributed by atoms with Gasteiger partial charge in [0.15, 0.2) is 11.6 Å². The fraction of sp³-hybridized carbons (Fsp3) is 0.143. The van der Waals surface area contributed by atoms with Gasteiger partial charge in [-0.2, -0.15) is 0 Å². The van der Waals surface area contributed by atoms with E-state index in [1.165, 1.54) is 0 Å². The van der Waals surface area contributed by atoms with Gasteiger partial charge in [-0.1, -0.05) is 12.1 Å². The van der Waals surface area contributed by atoms with Gasteiger partial charge in [0.2, 0.25) is 0 Å². The van der Waals surface area contributed by atoms with Gasteiger partial charge < -0.3 is 14.8 Å². The van der Waals surface area contributed by atoms with E-state index in [0.29, 0.717) is 11.3 Å². The van der Waals surface area contributed by atoms with E-state index < -0.39 is 23.5 Å². The van der Waals surface area contributed by atoms with Crippen LogP contribution in [0, 0.1) is 11.6 Å². The fourth-order valence-corrected chi connectivity index (χ4v) is 3.60. The Hall–Kier alpha value is -3.26. The zero-order valence-corrected chi connectivity index (χ0v) is 16.4. The lowest BCUT2D eigenvalue weighted by Crippen LogP contribution is -2.15. The molecule has 0 fully saturated rings. The number of carbonyl (C=O) groups is 2. The number of esters is 1. The van der Waals surface area contributed by atoms with Crippen LogP contribution >= 0.6 is 11.3 Å². The Bertz CT molecular complexity index is 1050. The van der Waals surface area contributed by atoms with E-state index >= 15 is 0 Å². The van der Waals surface area contributed by atoms with Crippen LogP contribution in [0.4, 0.5) is 13.8 Å². The van der Waals surface area contributed by atoms with Crippen LogP contribution < -0.4 is 10.1 Å². The first-order chi connectivity index (χ1) is 13.9. The first-order valence-electron chi connectivity index (χ1n) is 8.64. The molecule has 1 amide bonds. The molecule has 0 aliphatic carbocycles. The van der Waals surface area contributed by atoms with Crippen molar-refractivity contribution in [1.29, 1.82) is 0 Å². The van der Waals surface area contributed by atoms with Crippen LogP contribution in [-0.2, 0) is 4.74 Å². The number of thiophene rings is 1. The summed E-state index contributed by atoms with van der Waals surface area (Å²) in [4.78, 5) is 25.0. The Kier molecular flexibility index (Phi) is 6.23. The van der Waals surface area contributed by atoms with Gasteiger partial charge >= 0.3 is 5.97 Å². The topological polar surface area (TPSA) is 64.6 Å². The molecule has 0 saturated heterocycles. The summed E-state index contributed by atoms with van der Waals surface area (Å²) in [7, 11) is 1.55. The minimum absolute atomic E-state index is 0.0712. The number of anilines is 1. The highest BCUT2D eigenvalue weighted by Gasteiger charge is 2.23. The minimum atomic E-state index is -1.13. The van der Waals surface area contributed by atoms with Crippen molar-refractivity contribution in [2.45, 2.75) is 6.92 Å². The van der Waals surface area contributed by atoms with Crippen LogP contribution in [0.3, 0.4) is 0 Å². The predicted octanol–water partition coefficient (Wildman–Crippen LogP) is 5.13. The highest BCUT2D eigenvalue weighted by atomic mass is 32.1. The number of ether oxygens (including phenoxy) is 2. The maximum atomic E-state index is 13.4. The second kappa shape index (κ2) is 8.83. The maximum absolute atomic E-state index is 13.4. The molecule has 1 heterocycles. The zero-order valence-electron chi connectivity index (χ0n) is 15.6. The quantitative estimate of drug-likeness (QED) is 0.565. The molecule has 0 aliphatic heterocycles. The standard InChI is InChI=1S/C21H17F2NO4S/c1-3-28-21(26)18-15(12-4-7-14(27-2)8-5-12)11-29-20(18)24-19(25)13-6-9-16(22)17(23)10-13/h4-11H,3H2,1-2H3,(H,24,25). The van der Waals surface area contributed by atoms with Gasteiger partial charge in [-0.15, -0.1) is 11.3 Å². The average Bonchev–Trinajstić information content (AvgIpc) is 3.13. The summed E-state index contributed by atoms with van der Waals surface area (Å²) in [5.41, 5.74) is 1.44. The van der Waals surface area contributed by atoms with E-state index in [4.69, 9.17) is 9.47 Å². The summed E-state index contributed by atoms with van der Waals surface area (Å²) in [5, 5.41) is 4.56. The first-order valence-corrected chi connectivity index (χ1v) is 9.52. The monoisotopic (exact) mass is 417 g/mol. The molecule has 3 rings (SSSR count). The number of nitrogens with one attached hydrogen (secondary N) is 1. The second-order valence-corrected chi connectivity index (χ2v) is 6.77. The van der Waals surface area contributed by atoms with E-state index in [2.05, 4.69) is 5.32 Å². The molecule has 1 N–H and O–H groups in total. The SMILES string of the molecule is CCOC(=O)c1c(-c2ccc(OC)cc2)csc1NC(=O)c1ccc(F)c(F)c1. The highest BCUT2D eigenvalue weighted by molar-refractivity contribution is 7.15. The second-order valence-electron chi connectivity index (χ2n) is 5.89. The number of carbonyl (C=O) groups excluding carboxylic acids is 2. The summed E-state index contributed by atoms with van der Waals surface area (Å²) in [5.74, 6) is -2.79. The number of rotatable bonds is 6. The van der Waals surface area contributed by atoms with Crippen molar-refractivity contribution in [2.24, 2.45) is 0 Å². The van der Waals surface area contributed by atoms with Gasteiger partial charge in [0, 0.05) is 16.5 Å². The summed E-state index contributed by atoms with van der Waals surface area (Å²) < 4.78 is 36.8. The van der Waals surface area contributed by atoms with Crippen LogP contribution in [-0.4, -0.2) is 25.6 Å². The van der Waals surface area contributed by atoms with Crippen molar-refractivity contribution in [3.8, 4) is 16.9 Å². The number of halogens is 2. The smallest absolute Gasteiger partial charge is 0.341 e. The van der Waals surface area contributed by atoms with E-state index in [9.17, 15) is 18.4 Å². The van der Waals surface area contributed by atoms with Crippen molar-refractivity contribution < 1.29 is 27.8 Å². The number of hydrogen-bond acceptors (Lipinski definition) is 5. The number of hydrogen-bond donors (Lipinski definition) is 1. The van der Waals surface area contributed by atoms with Crippen molar-refractivity contribution >= 4 is 28.2 Å². The van der Waals surface area contributed by atoms with E-state index in [1.807, 2.05) is 0 Å². The lowest BCUT2D eigenvalue weighted by atomic mass is 10.0. The highest BCUT2D eigenvalue weighted by Crippen LogP contribution is 2.37. The Labute approximate surface area is 169 Å². The molecule has 0 unspecified atom stereocenters. The van der Waals surface area contributed by atoms with Crippen molar-refractivity contribution in [3.63, 3.8) is 0 Å². The molecule has 29 heavy (non-hydrogen) atoms. The van der Waals surface area contributed by atoms with Crippen molar-refractivity contribution in [1.82, 2.24) is 0 Å². The summed E-state index contributed by atoms with van der Waals surface area (Å²) >= 11 is 1.13. The lowest BCUT2D eigenvalue weighted by molar-refractivity contribution is 0.0529. The maximum Gasteiger partial charge on any atom is 0.341 e. The molecule has 3 aromatic rings.